The van der Waals surface area contributed by atoms with E-state index in [4.69, 9.17) is 10.7 Å². The Labute approximate surface area is 132 Å². The highest BCUT2D eigenvalue weighted by Gasteiger charge is 2.20. The first kappa shape index (κ1) is 15.1. The number of nitrogens with one attached hydrogen (secondary N) is 1. The molecule has 0 radical (unpaired) electrons. The summed E-state index contributed by atoms with van der Waals surface area (Å²) in [5, 5.41) is 6.05. The average molecular weight is 298 g/mol. The maximum absolute atomic E-state index is 6.03. The zero-order valence-electron chi connectivity index (χ0n) is 13.8. The third-order valence-corrected chi connectivity index (χ3v) is 4.38. The van der Waals surface area contributed by atoms with Crippen molar-refractivity contribution in [2.75, 3.05) is 23.3 Å². The molecule has 4 nitrogen and oxygen atoms in total. The molecular formula is C18H26N4. The Kier molecular flexibility index (Phi) is 4.21. The average Bonchev–Trinajstić information content (AvgIpc) is 2.48. The quantitative estimate of drug-likeness (QED) is 0.913. The van der Waals surface area contributed by atoms with Crippen LogP contribution in [-0.4, -0.2) is 30.2 Å². The largest absolute Gasteiger partial charge is 0.381 e. The van der Waals surface area contributed by atoms with Gasteiger partial charge in [-0.1, -0.05) is 18.2 Å². The number of aromatic nitrogens is 1. The summed E-state index contributed by atoms with van der Waals surface area (Å²) in [5.74, 6) is 1.10. The molecule has 4 heteroatoms. The van der Waals surface area contributed by atoms with E-state index in [0.717, 1.165) is 37.4 Å². The summed E-state index contributed by atoms with van der Waals surface area (Å²) in [7, 11) is 0. The fourth-order valence-corrected chi connectivity index (χ4v) is 3.26. The van der Waals surface area contributed by atoms with E-state index in [1.165, 1.54) is 16.3 Å². The molecule has 2 aromatic rings. The molecule has 1 saturated heterocycles. The van der Waals surface area contributed by atoms with Crippen molar-refractivity contribution in [1.82, 2.24) is 4.98 Å². The number of fused-ring (bicyclic) bond motifs is 1. The molecule has 1 aromatic heterocycles. The number of pyridine rings is 1. The van der Waals surface area contributed by atoms with Gasteiger partial charge in [-0.3, -0.25) is 0 Å². The maximum atomic E-state index is 6.03. The van der Waals surface area contributed by atoms with Gasteiger partial charge in [-0.25, -0.2) is 4.98 Å². The fraction of sp³-hybridized carbons (Fsp3) is 0.500. The Hall–Kier alpha value is -1.81. The molecule has 2 heterocycles. The van der Waals surface area contributed by atoms with Crippen molar-refractivity contribution < 1.29 is 0 Å². The minimum atomic E-state index is 0.339. The van der Waals surface area contributed by atoms with Crippen LogP contribution in [0.15, 0.2) is 24.4 Å². The van der Waals surface area contributed by atoms with Crippen molar-refractivity contribution in [2.24, 2.45) is 5.73 Å². The van der Waals surface area contributed by atoms with Crippen molar-refractivity contribution >= 4 is 22.3 Å². The monoisotopic (exact) mass is 298 g/mol. The first-order chi connectivity index (χ1) is 10.6. The molecule has 0 saturated carbocycles. The van der Waals surface area contributed by atoms with Gasteiger partial charge in [0.25, 0.3) is 0 Å². The van der Waals surface area contributed by atoms with Gasteiger partial charge in [0.1, 0.15) is 5.82 Å². The highest BCUT2D eigenvalue weighted by molar-refractivity contribution is 6.02. The standard InChI is InChI=1S/C18H26N4/c1-12(2)21-16-11-20-18(22-9-7-14(19)8-10-22)15-6-4-5-13(3)17(15)16/h4-6,11-12,14,21H,7-10,19H2,1-3H3. The number of aryl methyl sites for hydroxylation is 1. The maximum Gasteiger partial charge on any atom is 0.136 e. The topological polar surface area (TPSA) is 54.2 Å². The molecule has 3 N–H and O–H groups in total. The van der Waals surface area contributed by atoms with Crippen LogP contribution >= 0.6 is 0 Å². The van der Waals surface area contributed by atoms with E-state index in [9.17, 15) is 0 Å². The van der Waals surface area contributed by atoms with Gasteiger partial charge in [-0.15, -0.1) is 0 Å². The van der Waals surface area contributed by atoms with Gasteiger partial charge >= 0.3 is 0 Å². The molecule has 1 aliphatic heterocycles. The first-order valence-electron chi connectivity index (χ1n) is 8.21. The zero-order chi connectivity index (χ0) is 15.7. The van der Waals surface area contributed by atoms with Crippen molar-refractivity contribution in [3.05, 3.63) is 30.0 Å². The van der Waals surface area contributed by atoms with Gasteiger partial charge < -0.3 is 16.0 Å². The normalized spacial score (nSPS) is 16.5. The Morgan fingerprint density at radius 3 is 2.68 bits per heavy atom. The molecule has 0 bridgehead atoms. The predicted octanol–water partition coefficient (Wildman–Crippen LogP) is 3.29. The van der Waals surface area contributed by atoms with Crippen molar-refractivity contribution in [2.45, 2.75) is 45.7 Å². The number of hydrogen-bond donors (Lipinski definition) is 2. The summed E-state index contributed by atoms with van der Waals surface area (Å²) in [6, 6.07) is 7.21. The van der Waals surface area contributed by atoms with Crippen LogP contribution in [0.5, 0.6) is 0 Å². The summed E-state index contributed by atoms with van der Waals surface area (Å²) in [5.41, 5.74) is 8.45. The van der Waals surface area contributed by atoms with Gasteiger partial charge in [-0.2, -0.15) is 0 Å². The summed E-state index contributed by atoms with van der Waals surface area (Å²) in [6.07, 6.45) is 4.07. The van der Waals surface area contributed by atoms with Crippen LogP contribution in [0.1, 0.15) is 32.3 Å². The highest BCUT2D eigenvalue weighted by atomic mass is 15.2. The summed E-state index contributed by atoms with van der Waals surface area (Å²) in [6.45, 7) is 8.47. The lowest BCUT2D eigenvalue weighted by atomic mass is 10.0. The summed E-state index contributed by atoms with van der Waals surface area (Å²) in [4.78, 5) is 7.15. The Morgan fingerprint density at radius 2 is 2.00 bits per heavy atom. The molecule has 1 fully saturated rings. The van der Waals surface area contributed by atoms with Crippen LogP contribution in [0.3, 0.4) is 0 Å². The summed E-state index contributed by atoms with van der Waals surface area (Å²) < 4.78 is 0. The van der Waals surface area contributed by atoms with E-state index in [2.05, 4.69) is 49.2 Å². The molecule has 1 aromatic carbocycles. The lowest BCUT2D eigenvalue weighted by molar-refractivity contribution is 0.499. The van der Waals surface area contributed by atoms with E-state index in [1.54, 1.807) is 0 Å². The first-order valence-corrected chi connectivity index (χ1v) is 8.21. The Bertz CT molecular complexity index is 657. The van der Waals surface area contributed by atoms with Crippen molar-refractivity contribution in [3.8, 4) is 0 Å². The number of piperidine rings is 1. The van der Waals surface area contributed by atoms with Crippen LogP contribution in [0, 0.1) is 6.92 Å². The minimum Gasteiger partial charge on any atom is -0.381 e. The van der Waals surface area contributed by atoms with Gasteiger partial charge in [0.15, 0.2) is 0 Å². The number of anilines is 2. The van der Waals surface area contributed by atoms with Gasteiger partial charge in [0.05, 0.1) is 11.9 Å². The smallest absolute Gasteiger partial charge is 0.136 e. The molecular weight excluding hydrogens is 272 g/mol. The zero-order valence-corrected chi connectivity index (χ0v) is 13.8. The molecule has 0 aliphatic carbocycles. The molecule has 0 spiro atoms. The number of hydrogen-bond acceptors (Lipinski definition) is 4. The predicted molar refractivity (Wildman–Crippen MR) is 94.7 cm³/mol. The van der Waals surface area contributed by atoms with E-state index in [0.29, 0.717) is 12.1 Å². The molecule has 22 heavy (non-hydrogen) atoms. The summed E-state index contributed by atoms with van der Waals surface area (Å²) >= 11 is 0. The molecule has 118 valence electrons. The number of benzene rings is 1. The number of nitrogens with zero attached hydrogens (tertiary/aromatic N) is 2. The van der Waals surface area contributed by atoms with Crippen LogP contribution in [-0.2, 0) is 0 Å². The second-order valence-electron chi connectivity index (χ2n) is 6.62. The van der Waals surface area contributed by atoms with Gasteiger partial charge in [0.2, 0.25) is 0 Å². The third-order valence-electron chi connectivity index (χ3n) is 4.38. The number of rotatable bonds is 3. The lowest BCUT2D eigenvalue weighted by Crippen LogP contribution is -2.40. The van der Waals surface area contributed by atoms with E-state index >= 15 is 0 Å². The van der Waals surface area contributed by atoms with Gasteiger partial charge in [-0.05, 0) is 39.2 Å². The SMILES string of the molecule is Cc1cccc2c(N3CCC(N)CC3)ncc(NC(C)C)c12. The third kappa shape index (κ3) is 2.88. The molecule has 1 aliphatic rings. The van der Waals surface area contributed by atoms with Crippen LogP contribution in [0.4, 0.5) is 11.5 Å². The van der Waals surface area contributed by atoms with Crippen molar-refractivity contribution in [1.29, 1.82) is 0 Å². The Morgan fingerprint density at radius 1 is 1.27 bits per heavy atom. The van der Waals surface area contributed by atoms with Gasteiger partial charge in [0, 0.05) is 35.9 Å². The van der Waals surface area contributed by atoms with Crippen LogP contribution in [0.2, 0.25) is 0 Å². The lowest BCUT2D eigenvalue weighted by Gasteiger charge is -2.32. The van der Waals surface area contributed by atoms with Crippen LogP contribution < -0.4 is 16.0 Å². The minimum absolute atomic E-state index is 0.339. The van der Waals surface area contributed by atoms with Crippen LogP contribution in [0.25, 0.3) is 10.8 Å². The van der Waals surface area contributed by atoms with E-state index in [1.807, 2.05) is 6.20 Å². The second-order valence-corrected chi connectivity index (χ2v) is 6.62. The fourth-order valence-electron chi connectivity index (χ4n) is 3.26. The molecule has 0 amide bonds. The van der Waals surface area contributed by atoms with E-state index in [-0.39, 0.29) is 0 Å². The van der Waals surface area contributed by atoms with Crippen molar-refractivity contribution in [3.63, 3.8) is 0 Å². The highest BCUT2D eigenvalue weighted by Crippen LogP contribution is 2.33. The molecule has 0 atom stereocenters. The van der Waals surface area contributed by atoms with E-state index < -0.39 is 0 Å². The number of nitrogens with two attached hydrogens (primary N) is 1. The molecule has 0 unspecified atom stereocenters. The second kappa shape index (κ2) is 6.13. The molecule has 3 rings (SSSR count). The Balaban J connectivity index is 2.07.